The molecule has 114 valence electrons. The Balaban J connectivity index is 1.77. The highest BCUT2D eigenvalue weighted by molar-refractivity contribution is 5.96. The van der Waals surface area contributed by atoms with Crippen LogP contribution in [-0.4, -0.2) is 16.4 Å². The van der Waals surface area contributed by atoms with Crippen molar-refractivity contribution >= 4 is 11.8 Å². The summed E-state index contributed by atoms with van der Waals surface area (Å²) in [6.07, 6.45) is 6.76. The summed E-state index contributed by atoms with van der Waals surface area (Å²) in [5, 5.41) is 9.59. The van der Waals surface area contributed by atoms with Crippen molar-refractivity contribution in [1.29, 1.82) is 0 Å². The van der Waals surface area contributed by atoms with E-state index in [2.05, 4.69) is 45.1 Å². The second-order valence-corrected chi connectivity index (χ2v) is 7.46. The van der Waals surface area contributed by atoms with Gasteiger partial charge in [-0.1, -0.05) is 41.5 Å². The van der Waals surface area contributed by atoms with Gasteiger partial charge in [-0.25, -0.2) is 0 Å². The molecule has 1 saturated carbocycles. The number of hydrogen-bond acceptors (Lipinski definition) is 2. The summed E-state index contributed by atoms with van der Waals surface area (Å²) in [4.78, 5) is 5.00. The number of rotatable bonds is 1. The predicted octanol–water partition coefficient (Wildman–Crippen LogP) is 4.25. The Morgan fingerprint density at radius 1 is 1.27 bits per heavy atom. The number of aliphatic hydroxyl groups excluding tert-OH is 1. The highest BCUT2D eigenvalue weighted by Crippen LogP contribution is 2.49. The molecule has 2 nitrogen and oxygen atoms in total. The van der Waals surface area contributed by atoms with Gasteiger partial charge in [0.25, 0.3) is 0 Å². The van der Waals surface area contributed by atoms with Crippen molar-refractivity contribution in [3.63, 3.8) is 0 Å². The highest BCUT2D eigenvalue weighted by Gasteiger charge is 2.39. The van der Waals surface area contributed by atoms with Gasteiger partial charge in [-0.2, -0.15) is 0 Å². The number of benzene rings is 1. The van der Waals surface area contributed by atoms with Crippen LogP contribution in [0.4, 0.5) is 0 Å². The van der Waals surface area contributed by atoms with Gasteiger partial charge in [0.15, 0.2) is 0 Å². The average molecular weight is 293 g/mol. The van der Waals surface area contributed by atoms with Gasteiger partial charge in [-0.05, 0) is 43.9 Å². The van der Waals surface area contributed by atoms with Gasteiger partial charge in [0.05, 0.1) is 12.1 Å². The maximum atomic E-state index is 9.59. The molecule has 1 aliphatic heterocycles. The molecule has 2 unspecified atom stereocenters. The fraction of sp³-hybridized carbons (Fsp3) is 0.450. The summed E-state index contributed by atoms with van der Waals surface area (Å²) in [5.41, 5.74) is 7.95. The van der Waals surface area contributed by atoms with Gasteiger partial charge in [-0.3, -0.25) is 4.99 Å². The van der Waals surface area contributed by atoms with Crippen molar-refractivity contribution in [1.82, 2.24) is 0 Å². The predicted molar refractivity (Wildman–Crippen MR) is 91.1 cm³/mol. The largest absolute Gasteiger partial charge is 0.392 e. The van der Waals surface area contributed by atoms with Crippen molar-refractivity contribution in [3.05, 3.63) is 52.1 Å². The van der Waals surface area contributed by atoms with Gasteiger partial charge < -0.3 is 5.11 Å². The molecule has 0 aromatic heterocycles. The number of aliphatic imine (C=N–C) groups is 1. The van der Waals surface area contributed by atoms with E-state index >= 15 is 0 Å². The van der Waals surface area contributed by atoms with Gasteiger partial charge >= 0.3 is 0 Å². The summed E-state index contributed by atoms with van der Waals surface area (Å²) in [7, 11) is 0. The third-order valence-corrected chi connectivity index (χ3v) is 5.37. The zero-order chi connectivity index (χ0) is 15.5. The molecule has 0 bridgehead atoms. The molecule has 0 radical (unpaired) electrons. The van der Waals surface area contributed by atoms with E-state index < -0.39 is 0 Å². The Hall–Kier alpha value is -1.67. The van der Waals surface area contributed by atoms with Crippen LogP contribution in [0.3, 0.4) is 0 Å². The van der Waals surface area contributed by atoms with E-state index in [-0.39, 0.29) is 12.1 Å². The zero-order valence-corrected chi connectivity index (χ0v) is 13.6. The Morgan fingerprint density at radius 3 is 2.86 bits per heavy atom. The van der Waals surface area contributed by atoms with E-state index in [4.69, 9.17) is 4.99 Å². The van der Waals surface area contributed by atoms with Crippen LogP contribution in [0.25, 0.3) is 6.08 Å². The molecule has 1 heterocycles. The lowest BCUT2D eigenvalue weighted by Gasteiger charge is -2.37. The number of nitrogens with zero attached hydrogens (tertiary/aromatic N) is 1. The Bertz CT molecular complexity index is 736. The van der Waals surface area contributed by atoms with Gasteiger partial charge in [-0.15, -0.1) is 0 Å². The number of aliphatic hydroxyl groups is 1. The van der Waals surface area contributed by atoms with Crippen molar-refractivity contribution in [2.75, 3.05) is 0 Å². The van der Waals surface area contributed by atoms with E-state index in [1.807, 2.05) is 6.07 Å². The number of fused-ring (bicyclic) bond motifs is 4. The van der Waals surface area contributed by atoms with Crippen molar-refractivity contribution < 1.29 is 5.11 Å². The Labute approximate surface area is 132 Å². The van der Waals surface area contributed by atoms with Crippen molar-refractivity contribution in [3.8, 4) is 0 Å². The summed E-state index contributed by atoms with van der Waals surface area (Å²) < 4.78 is 0. The van der Waals surface area contributed by atoms with Gasteiger partial charge in [0.1, 0.15) is 0 Å². The minimum absolute atomic E-state index is 0.0645. The lowest BCUT2D eigenvalue weighted by molar-refractivity contribution is 0.281. The zero-order valence-electron chi connectivity index (χ0n) is 13.6. The van der Waals surface area contributed by atoms with Crippen LogP contribution in [0.1, 0.15) is 56.2 Å². The first-order valence-corrected chi connectivity index (χ1v) is 8.19. The number of hydrogen-bond donors (Lipinski definition) is 1. The smallest absolute Gasteiger partial charge is 0.0734 e. The van der Waals surface area contributed by atoms with E-state index in [1.54, 1.807) is 0 Å². The molecule has 1 fully saturated rings. The van der Waals surface area contributed by atoms with E-state index in [9.17, 15) is 5.11 Å². The lowest BCUT2D eigenvalue weighted by atomic mass is 9.71. The Morgan fingerprint density at radius 2 is 2.09 bits per heavy atom. The number of allylic oxidation sites excluding steroid dienone is 2. The van der Waals surface area contributed by atoms with Gasteiger partial charge in [0, 0.05) is 24.0 Å². The molecular formula is C20H23NO. The monoisotopic (exact) mass is 293 g/mol. The maximum Gasteiger partial charge on any atom is 0.0734 e. The van der Waals surface area contributed by atoms with Crippen molar-refractivity contribution in [2.24, 2.45) is 10.9 Å². The van der Waals surface area contributed by atoms with E-state index in [1.165, 1.54) is 28.0 Å². The average Bonchev–Trinajstić information content (AvgIpc) is 2.81. The molecule has 2 atom stereocenters. The summed E-state index contributed by atoms with van der Waals surface area (Å²) in [5.74, 6) is 1.01. The molecule has 0 amide bonds. The van der Waals surface area contributed by atoms with E-state index in [0.717, 1.165) is 18.4 Å². The first kappa shape index (κ1) is 14.0. The third kappa shape index (κ3) is 2.01. The van der Waals surface area contributed by atoms with Crippen LogP contribution in [0.2, 0.25) is 0 Å². The number of dihydropyridines is 1. The van der Waals surface area contributed by atoms with Crippen LogP contribution in [0.15, 0.2) is 40.4 Å². The molecule has 3 aliphatic rings. The van der Waals surface area contributed by atoms with Gasteiger partial charge in [0.2, 0.25) is 0 Å². The maximum absolute atomic E-state index is 9.59. The molecule has 2 aliphatic carbocycles. The lowest BCUT2D eigenvalue weighted by Crippen LogP contribution is -2.33. The fourth-order valence-electron chi connectivity index (χ4n) is 4.52. The fourth-order valence-corrected chi connectivity index (χ4v) is 4.52. The summed E-state index contributed by atoms with van der Waals surface area (Å²) >= 11 is 0. The molecule has 2 heteroatoms. The van der Waals surface area contributed by atoms with Crippen LogP contribution < -0.4 is 0 Å². The minimum Gasteiger partial charge on any atom is -0.392 e. The third-order valence-electron chi connectivity index (χ3n) is 5.37. The minimum atomic E-state index is -0.0645. The summed E-state index contributed by atoms with van der Waals surface area (Å²) in [6.45, 7) is 6.76. The second kappa shape index (κ2) is 4.66. The van der Waals surface area contributed by atoms with Crippen LogP contribution in [0, 0.1) is 5.92 Å². The van der Waals surface area contributed by atoms with Crippen LogP contribution in [0.5, 0.6) is 0 Å². The Kier molecular flexibility index (Phi) is 2.96. The van der Waals surface area contributed by atoms with Crippen LogP contribution in [-0.2, 0) is 6.61 Å². The molecule has 4 rings (SSSR count). The normalized spacial score (nSPS) is 28.1. The van der Waals surface area contributed by atoms with Crippen molar-refractivity contribution in [2.45, 2.75) is 51.7 Å². The molecule has 22 heavy (non-hydrogen) atoms. The molecule has 0 spiro atoms. The molecule has 1 N–H and O–H groups in total. The molecule has 0 saturated heterocycles. The molecule has 1 aromatic rings. The first-order chi connectivity index (χ1) is 10.5. The molecule has 1 aromatic carbocycles. The highest BCUT2D eigenvalue weighted by atomic mass is 16.3. The quantitative estimate of drug-likeness (QED) is 0.771. The topological polar surface area (TPSA) is 32.6 Å². The van der Waals surface area contributed by atoms with E-state index in [0.29, 0.717) is 11.8 Å². The summed E-state index contributed by atoms with van der Waals surface area (Å²) in [6, 6.07) is 6.35. The standard InChI is InChI=1S/C20H23NO/c1-12-10-20(2,3)21-19-8-14-7-17-13(11-22)5-4-6-15(17)18(14)9-16(12)19/h4-7,10,16,18,22H,8-9,11H2,1-3H3. The second-order valence-electron chi connectivity index (χ2n) is 7.46. The first-order valence-electron chi connectivity index (χ1n) is 8.19. The molecular weight excluding hydrogens is 270 g/mol. The van der Waals surface area contributed by atoms with Crippen LogP contribution >= 0.6 is 0 Å². The SMILES string of the molecule is CC1=CC(C)(C)N=C2CC3=Cc4c(CO)cccc4C3CC12.